The average molecular weight is 176 g/mol. The topological polar surface area (TPSA) is 46.5 Å². The number of rotatable bonds is 3. The van der Waals surface area contributed by atoms with Gasteiger partial charge in [0, 0.05) is 12.8 Å². The number of halogens is 1. The molecule has 0 unspecified atom stereocenters. The van der Waals surface area contributed by atoms with Crippen LogP contribution < -0.4 is 0 Å². The highest BCUT2D eigenvalue weighted by atomic mass is 19.1. The Bertz CT molecular complexity index is 185. The monoisotopic (exact) mass is 176 g/mol. The Kier molecular flexibility index (Phi) is 2.37. The Labute approximate surface area is 70.5 Å². The first kappa shape index (κ1) is 9.45. The maximum Gasteiger partial charge on any atom is 0.341 e. The Morgan fingerprint density at radius 2 is 2.17 bits per heavy atom. The summed E-state index contributed by atoms with van der Waals surface area (Å²) in [7, 11) is 0. The molecule has 1 saturated carbocycles. The van der Waals surface area contributed by atoms with Crippen LogP contribution in [-0.4, -0.2) is 29.0 Å². The van der Waals surface area contributed by atoms with Crippen LogP contribution in [0.25, 0.3) is 0 Å². The van der Waals surface area contributed by atoms with Gasteiger partial charge in [0.15, 0.2) is 0 Å². The van der Waals surface area contributed by atoms with Gasteiger partial charge in [0.05, 0.1) is 12.2 Å². The van der Waals surface area contributed by atoms with Crippen molar-refractivity contribution >= 4 is 5.97 Å². The molecular weight excluding hydrogens is 163 g/mol. The number of aliphatic carboxylic acids is 1. The second-order valence-corrected chi connectivity index (χ2v) is 3.49. The van der Waals surface area contributed by atoms with Crippen molar-refractivity contribution < 1.29 is 19.0 Å². The number of carbonyl (C=O) groups is 1. The fourth-order valence-electron chi connectivity index (χ4n) is 1.32. The van der Waals surface area contributed by atoms with Crippen LogP contribution in [-0.2, 0) is 9.53 Å². The molecule has 4 heteroatoms. The molecule has 12 heavy (non-hydrogen) atoms. The Morgan fingerprint density at radius 1 is 1.67 bits per heavy atom. The van der Waals surface area contributed by atoms with Gasteiger partial charge in [0.25, 0.3) is 0 Å². The summed E-state index contributed by atoms with van der Waals surface area (Å²) in [6.45, 7) is 3.69. The van der Waals surface area contributed by atoms with Crippen LogP contribution in [0.3, 0.4) is 0 Å². The minimum atomic E-state index is -2.03. The molecule has 0 aromatic heterocycles. The van der Waals surface area contributed by atoms with Gasteiger partial charge in [-0.1, -0.05) is 0 Å². The van der Waals surface area contributed by atoms with Gasteiger partial charge in [-0.15, -0.1) is 0 Å². The van der Waals surface area contributed by atoms with Gasteiger partial charge in [0.1, 0.15) is 0 Å². The number of hydrogen-bond acceptors (Lipinski definition) is 2. The van der Waals surface area contributed by atoms with Crippen LogP contribution in [0, 0.1) is 0 Å². The van der Waals surface area contributed by atoms with Crippen molar-refractivity contribution in [2.75, 3.05) is 0 Å². The smallest absolute Gasteiger partial charge is 0.341 e. The first-order valence-corrected chi connectivity index (χ1v) is 4.02. The highest BCUT2D eigenvalue weighted by molar-refractivity contribution is 5.78. The molecule has 0 aromatic rings. The lowest BCUT2D eigenvalue weighted by Crippen LogP contribution is -2.51. The Morgan fingerprint density at radius 3 is 2.50 bits per heavy atom. The van der Waals surface area contributed by atoms with Crippen LogP contribution in [0.4, 0.5) is 4.39 Å². The zero-order valence-corrected chi connectivity index (χ0v) is 7.21. The zero-order chi connectivity index (χ0) is 9.35. The molecule has 1 aliphatic carbocycles. The number of carboxylic acid groups (broad SMARTS) is 1. The van der Waals surface area contributed by atoms with E-state index in [1.54, 1.807) is 0 Å². The predicted octanol–water partition coefficient (Wildman–Crippen LogP) is 1.37. The maximum atomic E-state index is 13.0. The van der Waals surface area contributed by atoms with E-state index in [-0.39, 0.29) is 25.0 Å². The third kappa shape index (κ3) is 1.75. The molecule has 1 fully saturated rings. The molecule has 1 rings (SSSR count). The van der Waals surface area contributed by atoms with Crippen LogP contribution in [0.1, 0.15) is 26.7 Å². The van der Waals surface area contributed by atoms with E-state index in [0.29, 0.717) is 0 Å². The second-order valence-electron chi connectivity index (χ2n) is 3.49. The predicted molar refractivity (Wildman–Crippen MR) is 40.7 cm³/mol. The molecular formula is C8H13FO3. The standard InChI is InChI=1S/C8H13FO3/c1-5(2)12-6-3-8(9,4-6)7(10)11/h5-6H,3-4H2,1-2H3,(H,10,11). The summed E-state index contributed by atoms with van der Waals surface area (Å²) >= 11 is 0. The van der Waals surface area contributed by atoms with E-state index in [1.165, 1.54) is 0 Å². The number of ether oxygens (including phenoxy) is 1. The quantitative estimate of drug-likeness (QED) is 0.706. The third-order valence-electron chi connectivity index (χ3n) is 1.95. The molecule has 70 valence electrons. The van der Waals surface area contributed by atoms with E-state index in [4.69, 9.17) is 9.84 Å². The molecule has 0 radical (unpaired) electrons. The fraction of sp³-hybridized carbons (Fsp3) is 0.875. The van der Waals surface area contributed by atoms with E-state index in [2.05, 4.69) is 0 Å². The SMILES string of the molecule is CC(C)OC1CC(F)(C(=O)O)C1. The largest absolute Gasteiger partial charge is 0.479 e. The molecule has 0 spiro atoms. The van der Waals surface area contributed by atoms with Gasteiger partial charge >= 0.3 is 5.97 Å². The molecule has 1 aliphatic rings. The van der Waals surface area contributed by atoms with E-state index in [0.717, 1.165) is 0 Å². The van der Waals surface area contributed by atoms with Gasteiger partial charge in [-0.05, 0) is 13.8 Å². The Balaban J connectivity index is 2.32. The summed E-state index contributed by atoms with van der Waals surface area (Å²) in [5.74, 6) is -1.37. The fourth-order valence-corrected chi connectivity index (χ4v) is 1.32. The van der Waals surface area contributed by atoms with E-state index < -0.39 is 11.6 Å². The van der Waals surface area contributed by atoms with Crippen LogP contribution in [0.5, 0.6) is 0 Å². The second kappa shape index (κ2) is 3.01. The summed E-state index contributed by atoms with van der Waals surface area (Å²) in [5.41, 5.74) is -2.03. The molecule has 3 nitrogen and oxygen atoms in total. The average Bonchev–Trinajstić information content (AvgIpc) is 1.82. The first-order chi connectivity index (χ1) is 5.44. The van der Waals surface area contributed by atoms with Crippen LogP contribution in [0.15, 0.2) is 0 Å². The number of carboxylic acids is 1. The molecule has 0 aliphatic heterocycles. The van der Waals surface area contributed by atoms with Crippen molar-refractivity contribution in [2.24, 2.45) is 0 Å². The maximum absolute atomic E-state index is 13.0. The molecule has 0 amide bonds. The summed E-state index contributed by atoms with van der Waals surface area (Å²) in [4.78, 5) is 10.3. The van der Waals surface area contributed by atoms with Crippen molar-refractivity contribution in [1.82, 2.24) is 0 Å². The van der Waals surface area contributed by atoms with Crippen molar-refractivity contribution in [3.63, 3.8) is 0 Å². The summed E-state index contributed by atoms with van der Waals surface area (Å²) in [6.07, 6.45) is -0.208. The number of alkyl halides is 1. The Hall–Kier alpha value is -0.640. The minimum Gasteiger partial charge on any atom is -0.479 e. The van der Waals surface area contributed by atoms with Crippen molar-refractivity contribution in [1.29, 1.82) is 0 Å². The molecule has 0 aromatic carbocycles. The van der Waals surface area contributed by atoms with Gasteiger partial charge in [-0.3, -0.25) is 0 Å². The molecule has 0 bridgehead atoms. The summed E-state index contributed by atoms with van der Waals surface area (Å²) in [6, 6.07) is 0. The molecule has 0 saturated heterocycles. The van der Waals surface area contributed by atoms with Crippen molar-refractivity contribution in [3.05, 3.63) is 0 Å². The minimum absolute atomic E-state index is 0.0134. The van der Waals surface area contributed by atoms with Gasteiger partial charge in [0.2, 0.25) is 5.67 Å². The van der Waals surface area contributed by atoms with Gasteiger partial charge in [-0.25, -0.2) is 9.18 Å². The van der Waals surface area contributed by atoms with Crippen molar-refractivity contribution in [2.45, 2.75) is 44.6 Å². The van der Waals surface area contributed by atoms with Crippen LogP contribution >= 0.6 is 0 Å². The first-order valence-electron chi connectivity index (χ1n) is 4.02. The van der Waals surface area contributed by atoms with Gasteiger partial charge < -0.3 is 9.84 Å². The van der Waals surface area contributed by atoms with Gasteiger partial charge in [-0.2, -0.15) is 0 Å². The lowest BCUT2D eigenvalue weighted by molar-refractivity contribution is -0.174. The molecule has 0 atom stereocenters. The summed E-state index contributed by atoms with van der Waals surface area (Å²) < 4.78 is 18.3. The van der Waals surface area contributed by atoms with E-state index in [1.807, 2.05) is 13.8 Å². The molecule has 1 N–H and O–H groups in total. The third-order valence-corrected chi connectivity index (χ3v) is 1.95. The summed E-state index contributed by atoms with van der Waals surface area (Å²) in [5, 5.41) is 8.41. The van der Waals surface area contributed by atoms with E-state index in [9.17, 15) is 9.18 Å². The van der Waals surface area contributed by atoms with E-state index >= 15 is 0 Å². The normalized spacial score (nSPS) is 34.8. The van der Waals surface area contributed by atoms with Crippen molar-refractivity contribution in [3.8, 4) is 0 Å². The van der Waals surface area contributed by atoms with Crippen LogP contribution in [0.2, 0.25) is 0 Å². The highest BCUT2D eigenvalue weighted by Crippen LogP contribution is 2.38. The highest BCUT2D eigenvalue weighted by Gasteiger charge is 2.52. The lowest BCUT2D eigenvalue weighted by atomic mass is 9.79. The number of hydrogen-bond donors (Lipinski definition) is 1. The lowest BCUT2D eigenvalue weighted by Gasteiger charge is -2.38. The zero-order valence-electron chi connectivity index (χ0n) is 7.21. The molecule has 0 heterocycles.